The summed E-state index contributed by atoms with van der Waals surface area (Å²) < 4.78 is 0. The Morgan fingerprint density at radius 2 is 1.69 bits per heavy atom. The summed E-state index contributed by atoms with van der Waals surface area (Å²) in [6.45, 7) is 2.93. The molecule has 148 valence electrons. The number of aromatic nitrogens is 2. The average molecular weight is 425 g/mol. The van der Waals surface area contributed by atoms with Crippen molar-refractivity contribution in [2.45, 2.75) is 4.90 Å². The standard InChI is InChI=1S/C22H21ClN4OS/c23-18-6-8-19(9-7-18)29-16-21(28)27-14-12-26(13-15-27)20-10-11-24-22(25-20)17-4-2-1-3-5-17/h1-11H,12-16H2. The Kier molecular flexibility index (Phi) is 6.32. The van der Waals surface area contributed by atoms with Crippen molar-refractivity contribution in [3.05, 3.63) is 71.9 Å². The number of thioether (sulfide) groups is 1. The van der Waals surface area contributed by atoms with Gasteiger partial charge in [0, 0.05) is 47.9 Å². The van der Waals surface area contributed by atoms with E-state index in [9.17, 15) is 4.79 Å². The van der Waals surface area contributed by atoms with Crippen molar-refractivity contribution in [3.8, 4) is 11.4 Å². The molecular weight excluding hydrogens is 404 g/mol. The first-order valence-corrected chi connectivity index (χ1v) is 10.8. The number of rotatable bonds is 5. The van der Waals surface area contributed by atoms with Crippen molar-refractivity contribution in [3.63, 3.8) is 0 Å². The lowest BCUT2D eigenvalue weighted by atomic mass is 10.2. The highest BCUT2D eigenvalue weighted by atomic mass is 35.5. The molecule has 0 atom stereocenters. The number of carbonyl (C=O) groups excluding carboxylic acids is 1. The van der Waals surface area contributed by atoms with Crippen molar-refractivity contribution < 1.29 is 4.79 Å². The monoisotopic (exact) mass is 424 g/mol. The molecule has 0 saturated carbocycles. The first-order chi connectivity index (χ1) is 14.2. The molecule has 0 unspecified atom stereocenters. The zero-order chi connectivity index (χ0) is 20.1. The van der Waals surface area contributed by atoms with Crippen LogP contribution in [0.3, 0.4) is 0 Å². The van der Waals surface area contributed by atoms with Crippen LogP contribution >= 0.6 is 23.4 Å². The van der Waals surface area contributed by atoms with E-state index in [0.717, 1.165) is 35.2 Å². The van der Waals surface area contributed by atoms with E-state index in [1.54, 1.807) is 18.0 Å². The van der Waals surface area contributed by atoms with E-state index in [1.807, 2.05) is 65.6 Å². The number of carbonyl (C=O) groups is 1. The molecular formula is C22H21ClN4OS. The number of hydrogen-bond donors (Lipinski definition) is 0. The van der Waals surface area contributed by atoms with E-state index in [4.69, 9.17) is 16.6 Å². The minimum absolute atomic E-state index is 0.164. The van der Waals surface area contributed by atoms with Crippen molar-refractivity contribution >= 4 is 35.1 Å². The molecule has 0 aliphatic carbocycles. The highest BCUT2D eigenvalue weighted by Gasteiger charge is 2.22. The molecule has 0 bridgehead atoms. The van der Waals surface area contributed by atoms with Crippen LogP contribution in [0.4, 0.5) is 5.82 Å². The lowest BCUT2D eigenvalue weighted by Gasteiger charge is -2.35. The predicted octanol–water partition coefficient (Wildman–Crippen LogP) is 4.24. The molecule has 0 radical (unpaired) electrons. The molecule has 2 aromatic carbocycles. The van der Waals surface area contributed by atoms with Crippen LogP contribution in [0.2, 0.25) is 5.02 Å². The Morgan fingerprint density at radius 3 is 2.41 bits per heavy atom. The van der Waals surface area contributed by atoms with E-state index < -0.39 is 0 Å². The molecule has 1 amide bonds. The predicted molar refractivity (Wildman–Crippen MR) is 118 cm³/mol. The van der Waals surface area contributed by atoms with Gasteiger partial charge in [0.2, 0.25) is 5.91 Å². The van der Waals surface area contributed by atoms with Gasteiger partial charge < -0.3 is 9.80 Å². The Hall–Kier alpha value is -2.57. The van der Waals surface area contributed by atoms with Crippen molar-refractivity contribution in [1.29, 1.82) is 0 Å². The van der Waals surface area contributed by atoms with Crippen LogP contribution in [0, 0.1) is 0 Å². The van der Waals surface area contributed by atoms with E-state index in [1.165, 1.54) is 0 Å². The molecule has 5 nitrogen and oxygen atoms in total. The van der Waals surface area contributed by atoms with Crippen molar-refractivity contribution in [2.75, 3.05) is 36.8 Å². The second-order valence-corrected chi connectivity index (χ2v) is 8.20. The van der Waals surface area contributed by atoms with Crippen LogP contribution in [0.25, 0.3) is 11.4 Å². The highest BCUT2D eigenvalue weighted by Crippen LogP contribution is 2.22. The van der Waals surface area contributed by atoms with Crippen molar-refractivity contribution in [2.24, 2.45) is 0 Å². The number of benzene rings is 2. The summed E-state index contributed by atoms with van der Waals surface area (Å²) in [5, 5.41) is 0.706. The van der Waals surface area contributed by atoms with Gasteiger partial charge in [-0.1, -0.05) is 41.9 Å². The fourth-order valence-electron chi connectivity index (χ4n) is 3.20. The summed E-state index contributed by atoms with van der Waals surface area (Å²) in [4.78, 5) is 26.9. The minimum Gasteiger partial charge on any atom is -0.353 e. The van der Waals surface area contributed by atoms with E-state index in [-0.39, 0.29) is 5.91 Å². The number of anilines is 1. The molecule has 0 spiro atoms. The first-order valence-electron chi connectivity index (χ1n) is 9.48. The van der Waals surface area contributed by atoms with Gasteiger partial charge in [-0.05, 0) is 30.3 Å². The van der Waals surface area contributed by atoms with Crippen LogP contribution in [-0.2, 0) is 4.79 Å². The van der Waals surface area contributed by atoms with Gasteiger partial charge in [0.15, 0.2) is 5.82 Å². The number of piperazine rings is 1. The SMILES string of the molecule is O=C(CSc1ccc(Cl)cc1)N1CCN(c2ccnc(-c3ccccc3)n2)CC1. The van der Waals surface area contributed by atoms with Crippen LogP contribution in [0.1, 0.15) is 0 Å². The molecule has 0 N–H and O–H groups in total. The summed E-state index contributed by atoms with van der Waals surface area (Å²) in [5.41, 5.74) is 1.00. The number of hydrogen-bond acceptors (Lipinski definition) is 5. The Balaban J connectivity index is 1.32. The molecule has 1 fully saturated rings. The zero-order valence-corrected chi connectivity index (χ0v) is 17.4. The molecule has 7 heteroatoms. The largest absolute Gasteiger partial charge is 0.353 e. The second-order valence-electron chi connectivity index (χ2n) is 6.71. The van der Waals surface area contributed by atoms with Crippen LogP contribution in [0.15, 0.2) is 71.8 Å². The smallest absolute Gasteiger partial charge is 0.233 e. The lowest BCUT2D eigenvalue weighted by Crippen LogP contribution is -2.49. The number of nitrogens with zero attached hydrogens (tertiary/aromatic N) is 4. The summed E-state index contributed by atoms with van der Waals surface area (Å²) in [6, 6.07) is 19.5. The normalized spacial score (nSPS) is 14.1. The molecule has 3 aromatic rings. The third-order valence-electron chi connectivity index (χ3n) is 4.81. The van der Waals surface area contributed by atoms with E-state index in [2.05, 4.69) is 9.88 Å². The average Bonchev–Trinajstić information content (AvgIpc) is 2.79. The fraction of sp³-hybridized carbons (Fsp3) is 0.227. The second kappa shape index (κ2) is 9.29. The summed E-state index contributed by atoms with van der Waals surface area (Å²) in [7, 11) is 0. The molecule has 29 heavy (non-hydrogen) atoms. The molecule has 1 saturated heterocycles. The highest BCUT2D eigenvalue weighted by molar-refractivity contribution is 8.00. The Labute approximate surface area is 179 Å². The zero-order valence-electron chi connectivity index (χ0n) is 15.9. The minimum atomic E-state index is 0.164. The van der Waals surface area contributed by atoms with Gasteiger partial charge in [0.25, 0.3) is 0 Å². The lowest BCUT2D eigenvalue weighted by molar-refractivity contribution is -0.128. The third-order valence-corrected chi connectivity index (χ3v) is 6.05. The maximum Gasteiger partial charge on any atom is 0.233 e. The van der Waals surface area contributed by atoms with Gasteiger partial charge in [0.05, 0.1) is 5.75 Å². The molecule has 4 rings (SSSR count). The van der Waals surface area contributed by atoms with Gasteiger partial charge in [-0.15, -0.1) is 11.8 Å². The fourth-order valence-corrected chi connectivity index (χ4v) is 4.13. The summed E-state index contributed by atoms with van der Waals surface area (Å²) in [6.07, 6.45) is 1.80. The molecule has 1 aromatic heterocycles. The van der Waals surface area contributed by atoms with Crippen LogP contribution in [-0.4, -0.2) is 52.7 Å². The van der Waals surface area contributed by atoms with Crippen LogP contribution in [0.5, 0.6) is 0 Å². The first kappa shape index (κ1) is 19.7. The maximum absolute atomic E-state index is 12.6. The molecule has 2 heterocycles. The van der Waals surface area contributed by atoms with Gasteiger partial charge >= 0.3 is 0 Å². The molecule has 1 aliphatic rings. The Bertz CT molecular complexity index is 960. The number of amides is 1. The van der Waals surface area contributed by atoms with E-state index >= 15 is 0 Å². The molecule has 1 aliphatic heterocycles. The number of halogens is 1. The van der Waals surface area contributed by atoms with E-state index in [0.29, 0.717) is 23.9 Å². The van der Waals surface area contributed by atoms with Gasteiger partial charge in [-0.25, -0.2) is 9.97 Å². The summed E-state index contributed by atoms with van der Waals surface area (Å²) >= 11 is 7.45. The quantitative estimate of drug-likeness (QED) is 0.573. The van der Waals surface area contributed by atoms with Gasteiger partial charge in [-0.2, -0.15) is 0 Å². The third kappa shape index (κ3) is 5.08. The maximum atomic E-state index is 12.6. The Morgan fingerprint density at radius 1 is 0.966 bits per heavy atom. The summed E-state index contributed by atoms with van der Waals surface area (Å²) in [5.74, 6) is 2.23. The van der Waals surface area contributed by atoms with Gasteiger partial charge in [0.1, 0.15) is 5.82 Å². The van der Waals surface area contributed by atoms with Gasteiger partial charge in [-0.3, -0.25) is 4.79 Å². The topological polar surface area (TPSA) is 49.3 Å². The van der Waals surface area contributed by atoms with Crippen molar-refractivity contribution in [1.82, 2.24) is 14.9 Å². The van der Waals surface area contributed by atoms with Crippen LogP contribution < -0.4 is 4.90 Å².